The van der Waals surface area contributed by atoms with Crippen molar-refractivity contribution < 1.29 is 0 Å². The van der Waals surface area contributed by atoms with Crippen molar-refractivity contribution in [2.45, 2.75) is 43.4 Å². The van der Waals surface area contributed by atoms with Gasteiger partial charge in [-0.3, -0.25) is 0 Å². The van der Waals surface area contributed by atoms with Crippen molar-refractivity contribution in [3.8, 4) is 44.5 Å². The lowest BCUT2D eigenvalue weighted by Gasteiger charge is -2.35. The highest BCUT2D eigenvalue weighted by molar-refractivity contribution is 6.04. The van der Waals surface area contributed by atoms with Crippen molar-refractivity contribution in [2.24, 2.45) is 0 Å². The van der Waals surface area contributed by atoms with E-state index in [4.69, 9.17) is 0 Å². The molecule has 2 aliphatic rings. The molecule has 0 spiro atoms. The van der Waals surface area contributed by atoms with E-state index in [1.54, 1.807) is 0 Å². The second-order valence-corrected chi connectivity index (χ2v) is 18.2. The average molecular weight is 846 g/mol. The third-order valence-electron chi connectivity index (χ3n) is 14.6. The molecule has 316 valence electrons. The van der Waals surface area contributed by atoms with Gasteiger partial charge in [0.25, 0.3) is 0 Å². The van der Waals surface area contributed by atoms with Crippen molar-refractivity contribution in [2.75, 3.05) is 4.90 Å². The molecule has 12 rings (SSSR count). The molecule has 1 nitrogen and oxygen atoms in total. The maximum atomic E-state index is 2.52. The van der Waals surface area contributed by atoms with Crippen molar-refractivity contribution >= 4 is 27.8 Å². The van der Waals surface area contributed by atoms with Gasteiger partial charge in [0, 0.05) is 17.1 Å². The van der Waals surface area contributed by atoms with E-state index < -0.39 is 5.41 Å². The first-order valence-corrected chi connectivity index (χ1v) is 23.8. The molecule has 2 aliphatic carbocycles. The first-order valence-electron chi connectivity index (χ1n) is 23.8. The Morgan fingerprint density at radius 1 is 0.348 bits per heavy atom. The Labute approximate surface area is 389 Å². The fourth-order valence-electron chi connectivity index (χ4n) is 11.5. The summed E-state index contributed by atoms with van der Waals surface area (Å²) in [7, 11) is 0. The zero-order valence-corrected chi connectivity index (χ0v) is 37.2. The number of hydrogen-bond donors (Lipinski definition) is 0. The molecular formula is C65H51N. The zero-order valence-electron chi connectivity index (χ0n) is 37.2. The van der Waals surface area contributed by atoms with Crippen molar-refractivity contribution in [3.05, 3.63) is 270 Å². The number of nitrogens with zero attached hydrogens (tertiary/aromatic N) is 1. The Bertz CT molecular complexity index is 3250. The minimum absolute atomic E-state index is 0.509. The Kier molecular flexibility index (Phi) is 10.3. The van der Waals surface area contributed by atoms with Crippen LogP contribution in [0.4, 0.5) is 17.1 Å². The lowest BCUT2D eigenvalue weighted by Crippen LogP contribution is -2.29. The number of rotatable bonds is 9. The highest BCUT2D eigenvalue weighted by Gasteiger charge is 2.47. The third kappa shape index (κ3) is 6.77. The van der Waals surface area contributed by atoms with E-state index in [1.165, 1.54) is 115 Å². The monoisotopic (exact) mass is 845 g/mol. The van der Waals surface area contributed by atoms with Crippen LogP contribution < -0.4 is 4.90 Å². The van der Waals surface area contributed by atoms with Crippen molar-refractivity contribution in [1.29, 1.82) is 0 Å². The molecule has 1 fully saturated rings. The normalized spacial score (nSPS) is 14.1. The van der Waals surface area contributed by atoms with Crippen LogP contribution in [0.1, 0.15) is 65.8 Å². The summed E-state index contributed by atoms with van der Waals surface area (Å²) < 4.78 is 0. The average Bonchev–Trinajstić information content (AvgIpc) is 3.71. The number of fused-ring (bicyclic) bond motifs is 4. The summed E-state index contributed by atoms with van der Waals surface area (Å²) in [4.78, 5) is 2.46. The summed E-state index contributed by atoms with van der Waals surface area (Å²) in [5.41, 5.74) is 19.8. The molecule has 1 heteroatoms. The van der Waals surface area contributed by atoms with Crippen LogP contribution in [0.25, 0.3) is 55.3 Å². The third-order valence-corrected chi connectivity index (χ3v) is 14.6. The molecular weight excluding hydrogens is 795 g/mol. The van der Waals surface area contributed by atoms with Crippen molar-refractivity contribution in [1.82, 2.24) is 0 Å². The number of hydrogen-bond acceptors (Lipinski definition) is 1. The van der Waals surface area contributed by atoms with Gasteiger partial charge in [-0.2, -0.15) is 0 Å². The molecule has 10 aromatic carbocycles. The number of anilines is 3. The first kappa shape index (κ1) is 39.8. The lowest BCUT2D eigenvalue weighted by molar-refractivity contribution is 0.444. The summed E-state index contributed by atoms with van der Waals surface area (Å²) in [6.07, 6.45) is 6.44. The standard InChI is InChI=1S/C65H51N/c1-6-19-46(20-7-1)47-33-38-54(39-34-47)66(55-40-35-50(36-41-55)59-43-37-49-23-16-17-30-57(49)63(59)51-24-10-3-11-25-51)56-42-44-60-62(45-56)65(52-26-12-4-13-27-52,53-28-14-5-15-29-53)61-32-18-31-58(64(60)61)48-21-8-2-9-22-48/h1,3-7,10-20,23-45,48H,2,8-9,21-22H2. The molecule has 0 N–H and O–H groups in total. The molecule has 0 heterocycles. The minimum Gasteiger partial charge on any atom is -0.310 e. The van der Waals surface area contributed by atoms with Gasteiger partial charge in [-0.05, 0) is 138 Å². The quantitative estimate of drug-likeness (QED) is 0.140. The van der Waals surface area contributed by atoms with Crippen LogP contribution in [-0.4, -0.2) is 0 Å². The van der Waals surface area contributed by atoms with Crippen molar-refractivity contribution in [3.63, 3.8) is 0 Å². The molecule has 0 atom stereocenters. The molecule has 0 unspecified atom stereocenters. The van der Waals surface area contributed by atoms with Crippen LogP contribution in [0.2, 0.25) is 0 Å². The maximum absolute atomic E-state index is 2.52. The predicted octanol–water partition coefficient (Wildman–Crippen LogP) is 17.7. The summed E-state index contributed by atoms with van der Waals surface area (Å²) in [6.45, 7) is 0. The Hall–Kier alpha value is -7.74. The highest BCUT2D eigenvalue weighted by atomic mass is 15.1. The fraction of sp³-hybridized carbons (Fsp3) is 0.108. The molecule has 1 saturated carbocycles. The molecule has 10 aromatic rings. The smallest absolute Gasteiger partial charge is 0.0714 e. The Morgan fingerprint density at radius 3 is 1.53 bits per heavy atom. The molecule has 0 aromatic heterocycles. The van der Waals surface area contributed by atoms with Gasteiger partial charge in [0.1, 0.15) is 0 Å². The van der Waals surface area contributed by atoms with Crippen LogP contribution in [-0.2, 0) is 5.41 Å². The van der Waals surface area contributed by atoms with E-state index in [-0.39, 0.29) is 0 Å². The van der Waals surface area contributed by atoms with E-state index in [2.05, 4.69) is 248 Å². The van der Waals surface area contributed by atoms with Gasteiger partial charge in [0.15, 0.2) is 0 Å². The van der Waals surface area contributed by atoms with E-state index in [0.717, 1.165) is 17.1 Å². The summed E-state index contributed by atoms with van der Waals surface area (Å²) >= 11 is 0. The van der Waals surface area contributed by atoms with Gasteiger partial charge in [-0.15, -0.1) is 0 Å². The van der Waals surface area contributed by atoms with E-state index in [1.807, 2.05) is 0 Å². The molecule has 0 amide bonds. The van der Waals surface area contributed by atoms with E-state index in [9.17, 15) is 0 Å². The SMILES string of the molecule is c1ccc(-c2ccc(N(c3ccc(-c4ccc5ccccc5c4-c4ccccc4)cc3)c3ccc4c(c3)C(c3ccccc3)(c3ccccc3)c3cccc(C5CCCCC5)c3-4)cc2)cc1. The largest absolute Gasteiger partial charge is 0.310 e. The van der Waals surface area contributed by atoms with Gasteiger partial charge in [-0.1, -0.05) is 226 Å². The van der Waals surface area contributed by atoms with E-state index in [0.29, 0.717) is 5.92 Å². The lowest BCUT2D eigenvalue weighted by atomic mass is 9.67. The molecule has 0 aliphatic heterocycles. The van der Waals surface area contributed by atoms with Crippen LogP contribution >= 0.6 is 0 Å². The molecule has 0 saturated heterocycles. The predicted molar refractivity (Wildman–Crippen MR) is 278 cm³/mol. The fourth-order valence-corrected chi connectivity index (χ4v) is 11.5. The Morgan fingerprint density at radius 2 is 0.879 bits per heavy atom. The van der Waals surface area contributed by atoms with Crippen LogP contribution in [0, 0.1) is 0 Å². The van der Waals surface area contributed by atoms with Gasteiger partial charge in [0.05, 0.1) is 5.41 Å². The van der Waals surface area contributed by atoms with Gasteiger partial charge in [0.2, 0.25) is 0 Å². The molecule has 0 radical (unpaired) electrons. The molecule has 66 heavy (non-hydrogen) atoms. The second kappa shape index (κ2) is 17.0. The maximum Gasteiger partial charge on any atom is 0.0714 e. The van der Waals surface area contributed by atoms with Crippen LogP contribution in [0.5, 0.6) is 0 Å². The van der Waals surface area contributed by atoms with E-state index >= 15 is 0 Å². The molecule has 0 bridgehead atoms. The summed E-state index contributed by atoms with van der Waals surface area (Å²) in [5.74, 6) is 0.562. The van der Waals surface area contributed by atoms with Crippen LogP contribution in [0.3, 0.4) is 0 Å². The zero-order chi connectivity index (χ0) is 43.9. The first-order chi connectivity index (χ1) is 32.8. The Balaban J connectivity index is 1.06. The summed E-state index contributed by atoms with van der Waals surface area (Å²) in [6, 6.07) is 90.3. The number of benzene rings is 10. The second-order valence-electron chi connectivity index (χ2n) is 18.2. The van der Waals surface area contributed by atoms with Gasteiger partial charge >= 0.3 is 0 Å². The topological polar surface area (TPSA) is 3.24 Å². The highest BCUT2D eigenvalue weighted by Crippen LogP contribution is 2.59. The van der Waals surface area contributed by atoms with Crippen LogP contribution in [0.15, 0.2) is 243 Å². The summed E-state index contributed by atoms with van der Waals surface area (Å²) in [5, 5.41) is 2.50. The minimum atomic E-state index is -0.509. The van der Waals surface area contributed by atoms with Gasteiger partial charge in [-0.25, -0.2) is 0 Å². The van der Waals surface area contributed by atoms with Gasteiger partial charge < -0.3 is 4.90 Å².